The number of carbonyl (C=O) groups excluding carboxylic acids is 3. The van der Waals surface area contributed by atoms with Crippen molar-refractivity contribution in [2.24, 2.45) is 5.92 Å². The number of nitrogens with one attached hydrogen (secondary N) is 4. The van der Waals surface area contributed by atoms with Crippen molar-refractivity contribution in [1.82, 2.24) is 40.4 Å². The minimum absolute atomic E-state index is 0.0466. The van der Waals surface area contributed by atoms with Crippen LogP contribution in [-0.4, -0.2) is 92.5 Å². The lowest BCUT2D eigenvalue weighted by Gasteiger charge is -2.31. The van der Waals surface area contributed by atoms with Crippen molar-refractivity contribution in [3.63, 3.8) is 0 Å². The highest BCUT2D eigenvalue weighted by Gasteiger charge is 2.39. The number of rotatable bonds is 12. The van der Waals surface area contributed by atoms with Gasteiger partial charge in [-0.25, -0.2) is 14.8 Å². The minimum Gasteiger partial charge on any atom is -0.453 e. The topological polar surface area (TPSA) is 178 Å². The van der Waals surface area contributed by atoms with E-state index in [0.29, 0.717) is 18.7 Å². The smallest absolute Gasteiger partial charge is 0.407 e. The van der Waals surface area contributed by atoms with Crippen LogP contribution in [0.4, 0.5) is 4.79 Å². The molecule has 0 spiro atoms. The quantitative estimate of drug-likeness (QED) is 0.0762. The number of hydrogen-bond acceptors (Lipinski definition) is 11. The number of likely N-dealkylation sites (tertiary alicyclic amines) is 2. The van der Waals surface area contributed by atoms with Gasteiger partial charge < -0.3 is 39.7 Å². The van der Waals surface area contributed by atoms with Crippen molar-refractivity contribution in [2.45, 2.75) is 70.1 Å². The first kappa shape index (κ1) is 40.7. The van der Waals surface area contributed by atoms with Gasteiger partial charge in [0.05, 0.1) is 47.3 Å². The lowest BCUT2D eigenvalue weighted by molar-refractivity contribution is -0.145. The summed E-state index contributed by atoms with van der Waals surface area (Å²) in [6, 6.07) is 24.3. The lowest BCUT2D eigenvalue weighted by atomic mass is 10.0. The van der Waals surface area contributed by atoms with E-state index in [-0.39, 0.29) is 29.8 Å². The number of aliphatic hydroxyl groups excluding tert-OH is 1. The summed E-state index contributed by atoms with van der Waals surface area (Å²) < 4.78 is 12.2. The number of aromatic nitrogens is 4. The third-order valence-electron chi connectivity index (χ3n) is 11.8. The van der Waals surface area contributed by atoms with Crippen LogP contribution in [-0.2, 0) is 19.1 Å². The zero-order valence-corrected chi connectivity index (χ0v) is 35.9. The van der Waals surface area contributed by atoms with Gasteiger partial charge in [0.2, 0.25) is 12.3 Å². The monoisotopic (exact) mass is 860 g/mol. The molecular weight excluding hydrogens is 813 g/mol. The predicted molar refractivity (Wildman–Crippen MR) is 237 cm³/mol. The van der Waals surface area contributed by atoms with Gasteiger partial charge in [-0.1, -0.05) is 56.3 Å². The first-order valence-corrected chi connectivity index (χ1v) is 22.2. The molecule has 0 aliphatic carbocycles. The van der Waals surface area contributed by atoms with E-state index in [0.717, 1.165) is 80.3 Å². The van der Waals surface area contributed by atoms with Crippen LogP contribution in [0.1, 0.15) is 74.9 Å². The van der Waals surface area contributed by atoms with Crippen LogP contribution in [0.3, 0.4) is 0 Å². The number of nitrogens with zero attached hydrogens (tertiary/aromatic N) is 4. The van der Waals surface area contributed by atoms with Gasteiger partial charge >= 0.3 is 6.09 Å². The highest BCUT2D eigenvalue weighted by atomic mass is 32.1. The van der Waals surface area contributed by atoms with Crippen LogP contribution < -0.4 is 10.6 Å². The number of imidazole rings is 2. The molecule has 5 unspecified atom stereocenters. The first-order chi connectivity index (χ1) is 29.6. The third kappa shape index (κ3) is 8.01. The second kappa shape index (κ2) is 17.0. The fraction of sp³-hybridized carbons (Fsp3) is 0.356. The molecule has 16 heteroatoms. The summed E-state index contributed by atoms with van der Waals surface area (Å²) in [5.74, 6) is 1.17. The average molecular weight is 861 g/mol. The number of thiophene rings is 2. The first-order valence-electron chi connectivity index (χ1n) is 20.6. The average Bonchev–Trinajstić information content (AvgIpc) is 4.13. The number of H-pyrrole nitrogens is 2. The van der Waals surface area contributed by atoms with Crippen LogP contribution in [0, 0.1) is 5.92 Å². The van der Waals surface area contributed by atoms with Gasteiger partial charge in [0.15, 0.2) is 0 Å². The van der Waals surface area contributed by atoms with Gasteiger partial charge in [0.1, 0.15) is 17.7 Å². The number of amides is 3. The number of carbonyl (C=O) groups is 3. The van der Waals surface area contributed by atoms with E-state index in [2.05, 4.69) is 57.0 Å². The molecule has 0 saturated carbocycles. The zero-order valence-electron chi connectivity index (χ0n) is 34.3. The number of methoxy groups -OCH3 is 2. The van der Waals surface area contributed by atoms with Crippen molar-refractivity contribution in [2.75, 3.05) is 27.3 Å². The van der Waals surface area contributed by atoms with Gasteiger partial charge in [-0.05, 0) is 84.7 Å². The molecular formula is C45H48N8O6S2. The summed E-state index contributed by atoms with van der Waals surface area (Å²) in [5, 5.41) is 15.7. The van der Waals surface area contributed by atoms with Gasteiger partial charge in [0, 0.05) is 39.4 Å². The molecule has 6 heterocycles. The number of alkyl carbamates (subject to hydrolysis) is 1. The third-order valence-corrected chi connectivity index (χ3v) is 14.2. The molecule has 61 heavy (non-hydrogen) atoms. The summed E-state index contributed by atoms with van der Waals surface area (Å²) in [4.78, 5) is 62.9. The highest BCUT2D eigenvalue weighted by molar-refractivity contribution is 7.31. The Kier molecular flexibility index (Phi) is 11.4. The van der Waals surface area contributed by atoms with E-state index >= 15 is 0 Å². The number of fused-ring (bicyclic) bond motifs is 3. The van der Waals surface area contributed by atoms with Crippen LogP contribution in [0.5, 0.6) is 0 Å². The summed E-state index contributed by atoms with van der Waals surface area (Å²) in [5.41, 5.74) is 6.36. The Morgan fingerprint density at radius 2 is 1.31 bits per heavy atom. The molecule has 2 fully saturated rings. The molecule has 3 amide bonds. The Labute approximate surface area is 360 Å². The Bertz CT molecular complexity index is 2690. The van der Waals surface area contributed by atoms with E-state index in [4.69, 9.17) is 19.4 Å². The number of ether oxygens (including phenoxy) is 2. The van der Waals surface area contributed by atoms with Gasteiger partial charge in [-0.2, -0.15) is 0 Å². The second-order valence-corrected chi connectivity index (χ2v) is 18.2. The second-order valence-electron chi connectivity index (χ2n) is 16.0. The number of benzene rings is 3. The summed E-state index contributed by atoms with van der Waals surface area (Å²) >= 11 is 3.50. The number of hydrogen-bond donors (Lipinski definition) is 5. The molecule has 7 aromatic rings. The van der Waals surface area contributed by atoms with E-state index in [1.165, 1.54) is 23.6 Å². The normalized spacial score (nSPS) is 18.4. The largest absolute Gasteiger partial charge is 0.453 e. The zero-order chi connectivity index (χ0) is 42.4. The Balaban J connectivity index is 0.916. The van der Waals surface area contributed by atoms with Crippen molar-refractivity contribution >= 4 is 72.0 Å². The standard InChI is InChI=1S/C45H48N8O6S2/c1-24(2)38(50-44(56)58-3)42(54)52-18-8-12-32(52)40-46-28-16-14-26(20-30(28)48-40)34-22-36-37(60-34)23-35(61-36)27-15-17-29-31(21-27)49-41(47-29)33-13-9-19-53(33)43(55)39(51-45(57)59-4)25-10-6-5-7-11-25/h5-7,10-11,14-17,20-24,32-33,38-39,44,50,56H,8-9,12-13,18-19H2,1-4H3,(H,46,48)(H,47,49)(H,51,57). The van der Waals surface area contributed by atoms with Crippen LogP contribution in [0.15, 0.2) is 78.9 Å². The number of aliphatic hydroxyl groups is 1. The Morgan fingerprint density at radius 3 is 1.82 bits per heavy atom. The Hall–Kier alpha value is -5.65. The van der Waals surface area contributed by atoms with Crippen LogP contribution >= 0.6 is 22.7 Å². The van der Waals surface area contributed by atoms with Gasteiger partial charge in [0.25, 0.3) is 5.91 Å². The van der Waals surface area contributed by atoms with Gasteiger partial charge in [-0.3, -0.25) is 14.9 Å². The molecule has 0 bridgehead atoms. The molecule has 2 aliphatic rings. The fourth-order valence-electron chi connectivity index (χ4n) is 8.66. The lowest BCUT2D eigenvalue weighted by Crippen LogP contribution is -2.52. The van der Waals surface area contributed by atoms with Crippen LogP contribution in [0.2, 0.25) is 0 Å². The molecule has 0 radical (unpaired) electrons. The van der Waals surface area contributed by atoms with Crippen molar-refractivity contribution in [3.8, 4) is 20.9 Å². The number of aromatic amines is 2. The molecule has 5 atom stereocenters. The van der Waals surface area contributed by atoms with Crippen LogP contribution in [0.25, 0.3) is 52.3 Å². The van der Waals surface area contributed by atoms with E-state index < -0.39 is 24.6 Å². The van der Waals surface area contributed by atoms with Crippen molar-refractivity contribution in [3.05, 3.63) is 96.1 Å². The Morgan fingerprint density at radius 1 is 0.770 bits per heavy atom. The minimum atomic E-state index is -1.23. The highest BCUT2D eigenvalue weighted by Crippen LogP contribution is 2.43. The maximum absolute atomic E-state index is 14.0. The van der Waals surface area contributed by atoms with E-state index in [9.17, 15) is 19.5 Å². The van der Waals surface area contributed by atoms with Crippen molar-refractivity contribution < 1.29 is 29.0 Å². The summed E-state index contributed by atoms with van der Waals surface area (Å²) in [6.07, 6.45) is 1.37. The summed E-state index contributed by atoms with van der Waals surface area (Å²) in [6.45, 7) is 5.09. The molecule has 5 N–H and O–H groups in total. The maximum Gasteiger partial charge on any atom is 0.407 e. The van der Waals surface area contributed by atoms with E-state index in [1.807, 2.05) is 66.1 Å². The molecule has 4 aromatic heterocycles. The molecule has 14 nitrogen and oxygen atoms in total. The van der Waals surface area contributed by atoms with Crippen molar-refractivity contribution in [1.29, 1.82) is 0 Å². The van der Waals surface area contributed by atoms with Gasteiger partial charge in [-0.15, -0.1) is 22.7 Å². The fourth-order valence-corrected chi connectivity index (χ4v) is 11.0. The molecule has 2 aliphatic heterocycles. The molecule has 3 aromatic carbocycles. The molecule has 316 valence electrons. The molecule has 2 saturated heterocycles. The van der Waals surface area contributed by atoms with E-state index in [1.54, 1.807) is 22.7 Å². The summed E-state index contributed by atoms with van der Waals surface area (Å²) in [7, 11) is 2.68. The maximum atomic E-state index is 14.0. The SMILES string of the molecule is COC(=O)NC(C(=O)N1CCCC1c1nc2ccc(-c3cc4sc(-c5ccc6nc(C7CCCN7C(=O)C(NC(O)OC)C(C)C)[nH]c6c5)cc4s3)cc2[nH]1)c1ccccc1. The predicted octanol–water partition coefficient (Wildman–Crippen LogP) is 8.01. The molecule has 9 rings (SSSR count).